The number of amides is 1. The fraction of sp³-hybridized carbons (Fsp3) is 0.158. The average molecular weight is 353 g/mol. The molecule has 0 fully saturated rings. The van der Waals surface area contributed by atoms with Gasteiger partial charge in [0.15, 0.2) is 0 Å². The van der Waals surface area contributed by atoms with E-state index in [1.165, 1.54) is 18.3 Å². The molecule has 1 atom stereocenters. The van der Waals surface area contributed by atoms with E-state index < -0.39 is 0 Å². The van der Waals surface area contributed by atoms with Gasteiger partial charge in [0, 0.05) is 23.6 Å². The van der Waals surface area contributed by atoms with Crippen molar-refractivity contribution in [1.82, 2.24) is 4.98 Å². The minimum Gasteiger partial charge on any atom is -0.497 e. The van der Waals surface area contributed by atoms with Gasteiger partial charge in [-0.2, -0.15) is 0 Å². The van der Waals surface area contributed by atoms with Gasteiger partial charge in [-0.15, -0.1) is 11.3 Å². The van der Waals surface area contributed by atoms with Crippen molar-refractivity contribution in [2.75, 3.05) is 12.4 Å². The Balaban J connectivity index is 1.77. The van der Waals surface area contributed by atoms with Gasteiger partial charge in [-0.1, -0.05) is 24.3 Å². The molecule has 0 spiro atoms. The number of nitrogens with two attached hydrogens (primary N) is 1. The van der Waals surface area contributed by atoms with Crippen LogP contribution >= 0.6 is 11.3 Å². The smallest absolute Gasteiger partial charge is 0.221 e. The monoisotopic (exact) mass is 353 g/mol. The summed E-state index contributed by atoms with van der Waals surface area (Å²) in [7, 11) is 1.64. The van der Waals surface area contributed by atoms with E-state index in [1.807, 2.05) is 53.9 Å². The number of rotatable bonds is 5. The number of carbonyl (C=O) groups is 1. The van der Waals surface area contributed by atoms with E-state index in [2.05, 4.69) is 10.3 Å². The lowest BCUT2D eigenvalue weighted by molar-refractivity contribution is -0.114. The molecular weight excluding hydrogens is 334 g/mol. The number of hydrogen-bond donors (Lipinski definition) is 2. The zero-order valence-corrected chi connectivity index (χ0v) is 14.8. The van der Waals surface area contributed by atoms with Crippen LogP contribution in [0, 0.1) is 0 Å². The molecule has 3 rings (SSSR count). The van der Waals surface area contributed by atoms with Crippen molar-refractivity contribution in [3.05, 3.63) is 64.5 Å². The molecule has 25 heavy (non-hydrogen) atoms. The molecule has 3 aromatic rings. The van der Waals surface area contributed by atoms with E-state index in [-0.39, 0.29) is 11.9 Å². The maximum absolute atomic E-state index is 11.1. The van der Waals surface area contributed by atoms with Gasteiger partial charge >= 0.3 is 0 Å². The maximum Gasteiger partial charge on any atom is 0.221 e. The predicted molar refractivity (Wildman–Crippen MR) is 101 cm³/mol. The summed E-state index contributed by atoms with van der Waals surface area (Å²) in [5.41, 5.74) is 9.95. The van der Waals surface area contributed by atoms with Crippen LogP contribution < -0.4 is 15.8 Å². The van der Waals surface area contributed by atoms with Crippen LogP contribution in [0.15, 0.2) is 53.9 Å². The summed E-state index contributed by atoms with van der Waals surface area (Å²) in [6.45, 7) is 1.49. The van der Waals surface area contributed by atoms with Gasteiger partial charge in [-0.05, 0) is 29.8 Å². The summed E-state index contributed by atoms with van der Waals surface area (Å²) in [6.07, 6.45) is 0. The number of nitrogens with one attached hydrogen (secondary N) is 1. The molecule has 2 aromatic carbocycles. The summed E-state index contributed by atoms with van der Waals surface area (Å²) in [5, 5.41) is 5.60. The topological polar surface area (TPSA) is 77.2 Å². The number of benzene rings is 2. The van der Waals surface area contributed by atoms with Crippen LogP contribution in [-0.4, -0.2) is 18.0 Å². The number of ether oxygens (including phenoxy) is 1. The van der Waals surface area contributed by atoms with Crippen molar-refractivity contribution in [3.8, 4) is 17.0 Å². The molecule has 0 aliphatic carbocycles. The van der Waals surface area contributed by atoms with Gasteiger partial charge in [0.2, 0.25) is 5.91 Å². The highest BCUT2D eigenvalue weighted by molar-refractivity contribution is 7.10. The highest BCUT2D eigenvalue weighted by atomic mass is 32.1. The second kappa shape index (κ2) is 7.46. The Morgan fingerprint density at radius 1 is 1.16 bits per heavy atom. The van der Waals surface area contributed by atoms with E-state index in [9.17, 15) is 4.79 Å². The second-order valence-corrected chi connectivity index (χ2v) is 6.47. The molecule has 0 bridgehead atoms. The minimum atomic E-state index is -0.275. The molecule has 1 aromatic heterocycles. The molecule has 0 saturated carbocycles. The van der Waals surface area contributed by atoms with Crippen LogP contribution in [0.2, 0.25) is 0 Å². The zero-order valence-electron chi connectivity index (χ0n) is 14.0. The Bertz CT molecular complexity index is 857. The number of nitrogens with zero attached hydrogens (tertiary/aromatic N) is 1. The fourth-order valence-electron chi connectivity index (χ4n) is 2.44. The number of hydrogen-bond acceptors (Lipinski definition) is 5. The molecule has 3 N–H and O–H groups in total. The summed E-state index contributed by atoms with van der Waals surface area (Å²) >= 11 is 1.54. The van der Waals surface area contributed by atoms with Crippen molar-refractivity contribution in [3.63, 3.8) is 0 Å². The maximum atomic E-state index is 11.1. The van der Waals surface area contributed by atoms with Crippen LogP contribution in [0.25, 0.3) is 11.3 Å². The van der Waals surface area contributed by atoms with Crippen molar-refractivity contribution in [2.45, 2.75) is 13.0 Å². The first-order chi connectivity index (χ1) is 12.1. The first kappa shape index (κ1) is 17.1. The van der Waals surface area contributed by atoms with Gasteiger partial charge in [0.1, 0.15) is 10.8 Å². The van der Waals surface area contributed by atoms with Crippen LogP contribution in [0.5, 0.6) is 5.75 Å². The lowest BCUT2D eigenvalue weighted by Gasteiger charge is -2.09. The minimum absolute atomic E-state index is 0.0887. The van der Waals surface area contributed by atoms with Crippen molar-refractivity contribution >= 4 is 22.9 Å². The third kappa shape index (κ3) is 4.04. The summed E-state index contributed by atoms with van der Waals surface area (Å²) < 4.78 is 5.17. The summed E-state index contributed by atoms with van der Waals surface area (Å²) in [5.74, 6) is 0.712. The highest BCUT2D eigenvalue weighted by Gasteiger charge is 2.14. The Hall–Kier alpha value is -2.70. The number of methoxy groups -OCH3 is 1. The third-order valence-corrected chi connectivity index (χ3v) is 4.69. The molecule has 0 saturated heterocycles. The van der Waals surface area contributed by atoms with Gasteiger partial charge in [-0.3, -0.25) is 4.79 Å². The van der Waals surface area contributed by atoms with E-state index in [0.717, 1.165) is 33.3 Å². The van der Waals surface area contributed by atoms with Crippen molar-refractivity contribution < 1.29 is 9.53 Å². The largest absolute Gasteiger partial charge is 0.497 e. The molecule has 128 valence electrons. The Morgan fingerprint density at radius 3 is 2.44 bits per heavy atom. The van der Waals surface area contributed by atoms with Gasteiger partial charge < -0.3 is 15.8 Å². The Kier molecular flexibility index (Phi) is 5.11. The number of anilines is 1. The molecule has 1 unspecified atom stereocenters. The number of carbonyl (C=O) groups excluding carboxylic acids is 1. The van der Waals surface area contributed by atoms with Gasteiger partial charge in [0.25, 0.3) is 0 Å². The first-order valence-electron chi connectivity index (χ1n) is 7.80. The lowest BCUT2D eigenvalue weighted by Crippen LogP contribution is -2.11. The van der Waals surface area contributed by atoms with E-state index >= 15 is 0 Å². The number of thiazole rings is 1. The molecule has 1 heterocycles. The fourth-order valence-corrected chi connectivity index (χ4v) is 3.30. The predicted octanol–water partition coefficient (Wildman–Crippen LogP) is 3.83. The lowest BCUT2D eigenvalue weighted by atomic mass is 10.1. The van der Waals surface area contributed by atoms with Crippen LogP contribution in [-0.2, 0) is 4.79 Å². The summed E-state index contributed by atoms with van der Waals surface area (Å²) in [4.78, 5) is 15.7. The Labute approximate surface area is 150 Å². The molecule has 0 aliphatic rings. The number of aromatic nitrogens is 1. The quantitative estimate of drug-likeness (QED) is 0.731. The average Bonchev–Trinajstić information content (AvgIpc) is 3.11. The Morgan fingerprint density at radius 2 is 1.84 bits per heavy atom. The molecule has 0 aliphatic heterocycles. The van der Waals surface area contributed by atoms with Gasteiger partial charge in [-0.25, -0.2) is 4.98 Å². The molecule has 6 heteroatoms. The van der Waals surface area contributed by atoms with E-state index in [4.69, 9.17) is 10.5 Å². The van der Waals surface area contributed by atoms with Crippen LogP contribution in [0.4, 0.5) is 5.69 Å². The van der Waals surface area contributed by atoms with Crippen LogP contribution in [0.3, 0.4) is 0 Å². The van der Waals surface area contributed by atoms with Crippen LogP contribution in [0.1, 0.15) is 23.5 Å². The van der Waals surface area contributed by atoms with E-state index in [1.54, 1.807) is 7.11 Å². The molecule has 1 amide bonds. The summed E-state index contributed by atoms with van der Waals surface area (Å²) in [6, 6.07) is 15.0. The SMILES string of the molecule is COc1ccc(C(N)c2nc(-c3ccc(NC(C)=O)cc3)cs2)cc1. The molecule has 0 radical (unpaired) electrons. The van der Waals surface area contributed by atoms with Crippen molar-refractivity contribution in [2.24, 2.45) is 5.73 Å². The van der Waals surface area contributed by atoms with Crippen molar-refractivity contribution in [1.29, 1.82) is 0 Å². The van der Waals surface area contributed by atoms with Gasteiger partial charge in [0.05, 0.1) is 18.8 Å². The normalized spacial score (nSPS) is 11.8. The zero-order chi connectivity index (χ0) is 17.8. The third-order valence-electron chi connectivity index (χ3n) is 3.76. The first-order valence-corrected chi connectivity index (χ1v) is 8.68. The standard InChI is InChI=1S/C19H19N3O2S/c1-12(23)21-15-7-3-13(4-8-15)17-11-25-19(22-17)18(20)14-5-9-16(24-2)10-6-14/h3-11,18H,20H2,1-2H3,(H,21,23). The highest BCUT2D eigenvalue weighted by Crippen LogP contribution is 2.29. The second-order valence-electron chi connectivity index (χ2n) is 5.58. The molecular formula is C19H19N3O2S. The van der Waals surface area contributed by atoms with E-state index in [0.29, 0.717) is 0 Å². The molecule has 5 nitrogen and oxygen atoms in total.